The molecule has 0 unspecified atom stereocenters. The predicted octanol–water partition coefficient (Wildman–Crippen LogP) is 2.11. The van der Waals surface area contributed by atoms with Crippen LogP contribution in [-0.4, -0.2) is 23.1 Å². The van der Waals surface area contributed by atoms with Crippen molar-refractivity contribution in [3.63, 3.8) is 0 Å². The molecule has 1 rings (SSSR count). The number of benzene rings is 1. The van der Waals surface area contributed by atoms with E-state index in [1.165, 1.54) is 13.2 Å². The van der Waals surface area contributed by atoms with Crippen molar-refractivity contribution in [1.82, 2.24) is 0 Å². The lowest BCUT2D eigenvalue weighted by Gasteiger charge is -2.09. The van der Waals surface area contributed by atoms with Gasteiger partial charge in [-0.25, -0.2) is 0 Å². The highest BCUT2D eigenvalue weighted by Crippen LogP contribution is 2.31. The van der Waals surface area contributed by atoms with Crippen molar-refractivity contribution < 1.29 is 14.5 Å². The third-order valence-corrected chi connectivity index (χ3v) is 2.58. The lowest BCUT2D eigenvalue weighted by Crippen LogP contribution is -2.06. The molecule has 0 spiro atoms. The van der Waals surface area contributed by atoms with E-state index in [4.69, 9.17) is 4.74 Å². The number of halogens is 1. The highest BCUT2D eigenvalue weighted by Gasteiger charge is 2.19. The van der Waals surface area contributed by atoms with E-state index in [2.05, 4.69) is 15.9 Å². The van der Waals surface area contributed by atoms with E-state index in [0.29, 0.717) is 12.0 Å². The second-order valence-corrected chi connectivity index (χ2v) is 4.26. The third kappa shape index (κ3) is 2.79. The van der Waals surface area contributed by atoms with Crippen LogP contribution < -0.4 is 4.74 Å². The summed E-state index contributed by atoms with van der Waals surface area (Å²) >= 11 is 3.15. The lowest BCUT2D eigenvalue weighted by molar-refractivity contribution is -0.385. The second kappa shape index (κ2) is 5.60. The summed E-state index contributed by atoms with van der Waals surface area (Å²) in [5.41, 5.74) is 0.538. The Morgan fingerprint density at radius 1 is 1.62 bits per heavy atom. The number of methoxy groups -OCH3 is 1. The van der Waals surface area contributed by atoms with Gasteiger partial charge in [0.15, 0.2) is 5.75 Å². The highest BCUT2D eigenvalue weighted by atomic mass is 79.9. The van der Waals surface area contributed by atoms with Crippen molar-refractivity contribution in [1.29, 1.82) is 0 Å². The van der Waals surface area contributed by atoms with Crippen LogP contribution in [0.25, 0.3) is 0 Å². The molecule has 5 nitrogen and oxygen atoms in total. The number of hydrogen-bond donors (Lipinski definition) is 0. The number of aldehydes is 1. The number of rotatable bonds is 5. The molecule has 1 aromatic rings. The van der Waals surface area contributed by atoms with E-state index in [-0.39, 0.29) is 16.3 Å². The van der Waals surface area contributed by atoms with E-state index in [1.807, 2.05) is 0 Å². The molecule has 0 aliphatic heterocycles. The predicted molar refractivity (Wildman–Crippen MR) is 62.1 cm³/mol. The fourth-order valence-corrected chi connectivity index (χ4v) is 1.72. The molecule has 6 heteroatoms. The number of alkyl halides is 1. The standard InChI is InChI=1S/C10H10BrNO4/c1-16-10-7(5-8(11)6-13)3-2-4-9(10)12(14)15/h2-4,6,8H,5H2,1H3/t8-/m0/s1. The number of hydrogen-bond acceptors (Lipinski definition) is 4. The Hall–Kier alpha value is -1.43. The zero-order valence-corrected chi connectivity index (χ0v) is 10.1. The van der Waals surface area contributed by atoms with Crippen LogP contribution in [0, 0.1) is 10.1 Å². The number of para-hydroxylation sites is 1. The summed E-state index contributed by atoms with van der Waals surface area (Å²) in [4.78, 5) is 20.4. The molecule has 0 saturated carbocycles. The van der Waals surface area contributed by atoms with E-state index in [0.717, 1.165) is 6.29 Å². The number of nitro benzene ring substituents is 1. The van der Waals surface area contributed by atoms with Crippen molar-refractivity contribution in [2.24, 2.45) is 0 Å². The first-order valence-electron chi connectivity index (χ1n) is 4.49. The largest absolute Gasteiger partial charge is 0.490 e. The minimum atomic E-state index is -0.507. The van der Waals surface area contributed by atoms with Gasteiger partial charge in [0.05, 0.1) is 16.9 Å². The maximum Gasteiger partial charge on any atom is 0.311 e. The van der Waals surface area contributed by atoms with Gasteiger partial charge in [0, 0.05) is 11.6 Å². The second-order valence-electron chi connectivity index (χ2n) is 3.08. The normalized spacial score (nSPS) is 11.9. The van der Waals surface area contributed by atoms with Crippen molar-refractivity contribution in [3.05, 3.63) is 33.9 Å². The van der Waals surface area contributed by atoms with Gasteiger partial charge >= 0.3 is 5.69 Å². The molecule has 86 valence electrons. The minimum absolute atomic E-state index is 0.0920. The van der Waals surface area contributed by atoms with Gasteiger partial charge in [-0.05, 0) is 6.42 Å². The molecule has 0 heterocycles. The molecule has 16 heavy (non-hydrogen) atoms. The van der Waals surface area contributed by atoms with Gasteiger partial charge in [0.1, 0.15) is 6.29 Å². The lowest BCUT2D eigenvalue weighted by atomic mass is 10.1. The Morgan fingerprint density at radius 2 is 2.31 bits per heavy atom. The molecule has 0 saturated heterocycles. The molecule has 1 atom stereocenters. The Bertz CT molecular complexity index is 408. The summed E-state index contributed by atoms with van der Waals surface area (Å²) < 4.78 is 5.00. The van der Waals surface area contributed by atoms with Gasteiger partial charge in [-0.15, -0.1) is 0 Å². The summed E-state index contributed by atoms with van der Waals surface area (Å²) in [7, 11) is 1.37. The average Bonchev–Trinajstić information content (AvgIpc) is 2.28. The van der Waals surface area contributed by atoms with Crippen LogP contribution in [0.3, 0.4) is 0 Å². The molecule has 0 radical (unpaired) electrons. The van der Waals surface area contributed by atoms with E-state index in [9.17, 15) is 14.9 Å². The van der Waals surface area contributed by atoms with Crippen LogP contribution in [0.2, 0.25) is 0 Å². The molecule has 0 bridgehead atoms. The van der Waals surface area contributed by atoms with E-state index < -0.39 is 4.92 Å². The Labute approximate surface area is 101 Å². The van der Waals surface area contributed by atoms with Crippen LogP contribution in [0.1, 0.15) is 5.56 Å². The average molecular weight is 288 g/mol. The number of nitrogens with zero attached hydrogens (tertiary/aromatic N) is 1. The van der Waals surface area contributed by atoms with Crippen molar-refractivity contribution in [2.75, 3.05) is 7.11 Å². The first kappa shape index (κ1) is 12.6. The highest BCUT2D eigenvalue weighted by molar-refractivity contribution is 9.09. The molecule has 0 aliphatic rings. The summed E-state index contributed by atoms with van der Waals surface area (Å²) in [5, 5.41) is 10.7. The van der Waals surface area contributed by atoms with Crippen molar-refractivity contribution >= 4 is 27.9 Å². The Morgan fingerprint density at radius 3 is 2.81 bits per heavy atom. The van der Waals surface area contributed by atoms with Crippen LogP contribution >= 0.6 is 15.9 Å². The number of carbonyl (C=O) groups excluding carboxylic acids is 1. The van der Waals surface area contributed by atoms with Crippen LogP contribution in [0.4, 0.5) is 5.69 Å². The Kier molecular flexibility index (Phi) is 4.42. The summed E-state index contributed by atoms with van der Waals surface area (Å²) in [5.74, 6) is 0.207. The molecule has 0 aromatic heterocycles. The SMILES string of the molecule is COc1c(C[C@H](Br)C=O)cccc1[N+](=O)[O-]. The number of carbonyl (C=O) groups is 1. The zero-order chi connectivity index (χ0) is 12.1. The summed E-state index contributed by atoms with van der Waals surface area (Å²) in [6, 6.07) is 4.64. The smallest absolute Gasteiger partial charge is 0.311 e. The van der Waals surface area contributed by atoms with Crippen molar-refractivity contribution in [3.8, 4) is 5.75 Å². The molecule has 1 aromatic carbocycles. The monoisotopic (exact) mass is 287 g/mol. The maximum absolute atomic E-state index is 10.7. The first-order valence-corrected chi connectivity index (χ1v) is 5.41. The minimum Gasteiger partial charge on any atom is -0.490 e. The molecular formula is C10H10BrNO4. The molecule has 0 fully saturated rings. The Balaban J connectivity index is 3.13. The van der Waals surface area contributed by atoms with E-state index in [1.54, 1.807) is 12.1 Å². The third-order valence-electron chi connectivity index (χ3n) is 2.04. The molecule has 0 N–H and O–H groups in total. The van der Waals surface area contributed by atoms with Gasteiger partial charge in [-0.1, -0.05) is 28.1 Å². The van der Waals surface area contributed by atoms with Gasteiger partial charge in [0.25, 0.3) is 0 Å². The number of nitro groups is 1. The van der Waals surface area contributed by atoms with Crippen molar-refractivity contribution in [2.45, 2.75) is 11.2 Å². The van der Waals surface area contributed by atoms with Crippen LogP contribution in [0.15, 0.2) is 18.2 Å². The fourth-order valence-electron chi connectivity index (χ4n) is 1.37. The summed E-state index contributed by atoms with van der Waals surface area (Å²) in [6.45, 7) is 0. The van der Waals surface area contributed by atoms with E-state index >= 15 is 0 Å². The van der Waals surface area contributed by atoms with Crippen LogP contribution in [-0.2, 0) is 11.2 Å². The number of ether oxygens (including phenoxy) is 1. The molecule has 0 aliphatic carbocycles. The van der Waals surface area contributed by atoms with Gasteiger partial charge < -0.3 is 9.53 Å². The maximum atomic E-state index is 10.7. The van der Waals surface area contributed by atoms with Gasteiger partial charge in [0.2, 0.25) is 0 Å². The van der Waals surface area contributed by atoms with Gasteiger partial charge in [-0.2, -0.15) is 0 Å². The topological polar surface area (TPSA) is 69.4 Å². The summed E-state index contributed by atoms with van der Waals surface area (Å²) in [6.07, 6.45) is 1.09. The van der Waals surface area contributed by atoms with Crippen LogP contribution in [0.5, 0.6) is 5.75 Å². The quantitative estimate of drug-likeness (QED) is 0.360. The first-order chi connectivity index (χ1) is 7.60. The zero-order valence-electron chi connectivity index (χ0n) is 8.55. The van der Waals surface area contributed by atoms with Gasteiger partial charge in [-0.3, -0.25) is 10.1 Å². The fraction of sp³-hybridized carbons (Fsp3) is 0.300. The molecular weight excluding hydrogens is 278 g/mol. The molecule has 0 amide bonds.